The van der Waals surface area contributed by atoms with E-state index < -0.39 is 5.92 Å². The molecule has 1 atom stereocenters. The average molecular weight is 400 g/mol. The van der Waals surface area contributed by atoms with Crippen molar-refractivity contribution < 1.29 is 14.4 Å². The molecule has 1 heterocycles. The highest BCUT2D eigenvalue weighted by molar-refractivity contribution is 6.30. The third kappa shape index (κ3) is 4.51. The Hall–Kier alpha value is -2.86. The SMILES string of the molecule is CC(=O)N(C)Cc1ccccc1NC(=O)C1CC(=O)N(c2ccc(Cl)cc2)C1. The van der Waals surface area contributed by atoms with Crippen LogP contribution in [-0.2, 0) is 20.9 Å². The molecular formula is C21H22ClN3O3. The van der Waals surface area contributed by atoms with Crippen LogP contribution in [0, 0.1) is 5.92 Å². The molecule has 1 aliphatic heterocycles. The molecule has 0 spiro atoms. The first kappa shape index (κ1) is 19.9. The number of para-hydroxylation sites is 1. The Morgan fingerprint density at radius 2 is 1.86 bits per heavy atom. The van der Waals surface area contributed by atoms with Gasteiger partial charge in [-0.15, -0.1) is 0 Å². The lowest BCUT2D eigenvalue weighted by Crippen LogP contribution is -2.29. The molecule has 0 aliphatic carbocycles. The van der Waals surface area contributed by atoms with Crippen molar-refractivity contribution in [2.75, 3.05) is 23.8 Å². The van der Waals surface area contributed by atoms with E-state index in [1.807, 2.05) is 18.2 Å². The van der Waals surface area contributed by atoms with Gasteiger partial charge in [-0.25, -0.2) is 0 Å². The number of carbonyl (C=O) groups excluding carboxylic acids is 3. The van der Waals surface area contributed by atoms with Crippen molar-refractivity contribution in [3.63, 3.8) is 0 Å². The zero-order chi connectivity index (χ0) is 20.3. The standard InChI is InChI=1S/C21H22ClN3O3/c1-14(26)24(2)12-15-5-3-4-6-19(15)23-21(28)16-11-20(27)25(13-16)18-9-7-17(22)8-10-18/h3-10,16H,11-13H2,1-2H3,(H,23,28). The second-order valence-electron chi connectivity index (χ2n) is 6.90. The Kier molecular flexibility index (Phi) is 5.99. The van der Waals surface area contributed by atoms with Crippen LogP contribution in [0.15, 0.2) is 48.5 Å². The van der Waals surface area contributed by atoms with E-state index in [0.29, 0.717) is 23.8 Å². The molecule has 3 amide bonds. The maximum Gasteiger partial charge on any atom is 0.229 e. The van der Waals surface area contributed by atoms with Crippen LogP contribution in [0.2, 0.25) is 5.02 Å². The highest BCUT2D eigenvalue weighted by atomic mass is 35.5. The number of carbonyl (C=O) groups is 3. The smallest absolute Gasteiger partial charge is 0.229 e. The first-order chi connectivity index (χ1) is 13.3. The van der Waals surface area contributed by atoms with Crippen LogP contribution < -0.4 is 10.2 Å². The molecule has 1 aliphatic rings. The minimum absolute atomic E-state index is 0.0545. The molecule has 0 bridgehead atoms. The summed E-state index contributed by atoms with van der Waals surface area (Å²) in [7, 11) is 1.71. The van der Waals surface area contributed by atoms with Gasteiger partial charge in [0.05, 0.1) is 5.92 Å². The van der Waals surface area contributed by atoms with Crippen molar-refractivity contribution in [1.82, 2.24) is 4.90 Å². The van der Waals surface area contributed by atoms with E-state index >= 15 is 0 Å². The highest BCUT2D eigenvalue weighted by Gasteiger charge is 2.35. The van der Waals surface area contributed by atoms with E-state index in [0.717, 1.165) is 11.3 Å². The van der Waals surface area contributed by atoms with Crippen LogP contribution >= 0.6 is 11.6 Å². The van der Waals surface area contributed by atoms with Crippen LogP contribution in [0.25, 0.3) is 0 Å². The summed E-state index contributed by atoms with van der Waals surface area (Å²) in [6, 6.07) is 14.3. The molecule has 2 aromatic carbocycles. The summed E-state index contributed by atoms with van der Waals surface area (Å²) in [5.74, 6) is -0.794. The number of amides is 3. The number of nitrogens with one attached hydrogen (secondary N) is 1. The molecule has 1 N–H and O–H groups in total. The van der Waals surface area contributed by atoms with Crippen LogP contribution in [0.5, 0.6) is 0 Å². The lowest BCUT2D eigenvalue weighted by Gasteiger charge is -2.19. The van der Waals surface area contributed by atoms with Crippen LogP contribution in [0.1, 0.15) is 18.9 Å². The lowest BCUT2D eigenvalue weighted by molar-refractivity contribution is -0.128. The van der Waals surface area contributed by atoms with E-state index in [4.69, 9.17) is 11.6 Å². The number of nitrogens with zero attached hydrogens (tertiary/aromatic N) is 2. The molecule has 0 radical (unpaired) electrons. The Morgan fingerprint density at radius 3 is 2.54 bits per heavy atom. The minimum atomic E-state index is -0.443. The van der Waals surface area contributed by atoms with Crippen molar-refractivity contribution in [3.05, 3.63) is 59.1 Å². The van der Waals surface area contributed by atoms with E-state index in [9.17, 15) is 14.4 Å². The van der Waals surface area contributed by atoms with Gasteiger partial charge in [-0.05, 0) is 35.9 Å². The Labute approximate surface area is 169 Å². The first-order valence-electron chi connectivity index (χ1n) is 9.01. The van der Waals surface area contributed by atoms with Gasteiger partial charge < -0.3 is 15.1 Å². The number of halogens is 1. The second-order valence-corrected chi connectivity index (χ2v) is 7.34. The van der Waals surface area contributed by atoms with Gasteiger partial charge in [-0.1, -0.05) is 29.8 Å². The second kappa shape index (κ2) is 8.44. The fourth-order valence-electron chi connectivity index (χ4n) is 3.14. The molecule has 0 aromatic heterocycles. The van der Waals surface area contributed by atoms with Crippen LogP contribution in [0.4, 0.5) is 11.4 Å². The van der Waals surface area contributed by atoms with Gasteiger partial charge in [0.1, 0.15) is 0 Å². The van der Waals surface area contributed by atoms with Crippen molar-refractivity contribution >= 4 is 40.7 Å². The largest absolute Gasteiger partial charge is 0.342 e. The zero-order valence-electron chi connectivity index (χ0n) is 15.8. The molecule has 6 nitrogen and oxygen atoms in total. The predicted molar refractivity (Wildman–Crippen MR) is 109 cm³/mol. The highest BCUT2D eigenvalue weighted by Crippen LogP contribution is 2.27. The molecule has 0 saturated carbocycles. The van der Waals surface area contributed by atoms with E-state index in [2.05, 4.69) is 5.32 Å². The number of rotatable bonds is 5. The predicted octanol–water partition coefficient (Wildman–Crippen LogP) is 3.31. The number of benzene rings is 2. The molecule has 146 valence electrons. The number of hydrogen-bond donors (Lipinski definition) is 1. The average Bonchev–Trinajstić information content (AvgIpc) is 3.05. The third-order valence-corrected chi connectivity index (χ3v) is 5.11. The fourth-order valence-corrected chi connectivity index (χ4v) is 3.26. The molecule has 7 heteroatoms. The monoisotopic (exact) mass is 399 g/mol. The van der Waals surface area contributed by atoms with Gasteiger partial charge in [-0.2, -0.15) is 0 Å². The molecule has 1 fully saturated rings. The topological polar surface area (TPSA) is 69.7 Å². The van der Waals surface area contributed by atoms with E-state index in [-0.39, 0.29) is 24.1 Å². The van der Waals surface area contributed by atoms with Gasteiger partial charge in [0.2, 0.25) is 17.7 Å². The molecule has 3 rings (SSSR count). The summed E-state index contributed by atoms with van der Waals surface area (Å²) < 4.78 is 0. The van der Waals surface area contributed by atoms with E-state index in [1.54, 1.807) is 47.2 Å². The maximum atomic E-state index is 12.8. The lowest BCUT2D eigenvalue weighted by atomic mass is 10.1. The Morgan fingerprint density at radius 1 is 1.18 bits per heavy atom. The van der Waals surface area contributed by atoms with Crippen molar-refractivity contribution in [2.24, 2.45) is 5.92 Å². The molecule has 2 aromatic rings. The number of hydrogen-bond acceptors (Lipinski definition) is 3. The number of anilines is 2. The summed E-state index contributed by atoms with van der Waals surface area (Å²) in [5, 5.41) is 3.52. The maximum absolute atomic E-state index is 12.8. The first-order valence-corrected chi connectivity index (χ1v) is 9.39. The van der Waals surface area contributed by atoms with Gasteiger partial charge in [-0.3, -0.25) is 14.4 Å². The normalized spacial score (nSPS) is 16.2. The molecular weight excluding hydrogens is 378 g/mol. The molecule has 1 saturated heterocycles. The van der Waals surface area contributed by atoms with Crippen molar-refractivity contribution in [3.8, 4) is 0 Å². The summed E-state index contributed by atoms with van der Waals surface area (Å²) in [5.41, 5.74) is 2.22. The van der Waals surface area contributed by atoms with Gasteiger partial charge >= 0.3 is 0 Å². The summed E-state index contributed by atoms with van der Waals surface area (Å²) >= 11 is 5.90. The van der Waals surface area contributed by atoms with Gasteiger partial charge in [0.15, 0.2) is 0 Å². The summed E-state index contributed by atoms with van der Waals surface area (Å²) in [6.45, 7) is 2.21. The van der Waals surface area contributed by atoms with Crippen molar-refractivity contribution in [1.29, 1.82) is 0 Å². The Balaban J connectivity index is 1.70. The van der Waals surface area contributed by atoms with Crippen molar-refractivity contribution in [2.45, 2.75) is 19.9 Å². The van der Waals surface area contributed by atoms with Crippen LogP contribution in [-0.4, -0.2) is 36.2 Å². The minimum Gasteiger partial charge on any atom is -0.342 e. The van der Waals surface area contributed by atoms with Gasteiger partial charge in [0, 0.05) is 49.9 Å². The fraction of sp³-hybridized carbons (Fsp3) is 0.286. The zero-order valence-corrected chi connectivity index (χ0v) is 16.6. The summed E-state index contributed by atoms with van der Waals surface area (Å²) in [4.78, 5) is 39.8. The van der Waals surface area contributed by atoms with Crippen LogP contribution in [0.3, 0.4) is 0 Å². The summed E-state index contributed by atoms with van der Waals surface area (Å²) in [6.07, 6.45) is 0.157. The Bertz CT molecular complexity index is 898. The molecule has 1 unspecified atom stereocenters. The van der Waals surface area contributed by atoms with Gasteiger partial charge in [0.25, 0.3) is 0 Å². The quantitative estimate of drug-likeness (QED) is 0.838. The van der Waals surface area contributed by atoms with E-state index in [1.165, 1.54) is 6.92 Å². The molecule has 28 heavy (non-hydrogen) atoms. The third-order valence-electron chi connectivity index (χ3n) is 4.85.